The van der Waals surface area contributed by atoms with Crippen molar-refractivity contribution in [1.29, 1.82) is 0 Å². The fourth-order valence-corrected chi connectivity index (χ4v) is 1.94. The zero-order valence-electron chi connectivity index (χ0n) is 9.75. The highest BCUT2D eigenvalue weighted by Gasteiger charge is 2.08. The molecule has 0 atom stereocenters. The molecule has 1 N–H and O–H groups in total. The van der Waals surface area contributed by atoms with Crippen molar-refractivity contribution in [2.45, 2.75) is 0 Å². The molecule has 0 bridgehead atoms. The van der Waals surface area contributed by atoms with Gasteiger partial charge in [0.05, 0.1) is 5.02 Å². The van der Waals surface area contributed by atoms with E-state index in [0.29, 0.717) is 27.7 Å². The molecule has 5 heteroatoms. The number of hydrogen-bond donors (Lipinski definition) is 1. The molecule has 0 amide bonds. The average molecular weight is 273 g/mol. The minimum absolute atomic E-state index is 0.0610. The molecule has 0 aliphatic rings. The molecule has 3 aromatic rings. The minimum atomic E-state index is 0.0610. The maximum Gasteiger partial charge on any atom is 0.221 e. The van der Waals surface area contributed by atoms with Gasteiger partial charge in [0, 0.05) is 23.7 Å². The van der Waals surface area contributed by atoms with Crippen molar-refractivity contribution < 1.29 is 9.84 Å². The first-order chi connectivity index (χ1) is 9.24. The van der Waals surface area contributed by atoms with Gasteiger partial charge in [-0.1, -0.05) is 17.7 Å². The largest absolute Gasteiger partial charge is 0.506 e. The van der Waals surface area contributed by atoms with Crippen molar-refractivity contribution in [3.63, 3.8) is 0 Å². The third-order valence-electron chi connectivity index (χ3n) is 2.60. The Kier molecular flexibility index (Phi) is 2.93. The smallest absolute Gasteiger partial charge is 0.221 e. The number of ether oxygens (including phenoxy) is 1. The number of phenolic OH excluding ortho intramolecular Hbond substituents is 1. The van der Waals surface area contributed by atoms with Gasteiger partial charge in [0.25, 0.3) is 0 Å². The summed E-state index contributed by atoms with van der Waals surface area (Å²) in [6, 6.07) is 11.9. The molecular weight excluding hydrogens is 264 g/mol. The van der Waals surface area contributed by atoms with Crippen molar-refractivity contribution in [2.75, 3.05) is 0 Å². The SMILES string of the molecule is Oc1ccc(Cl)c2ccc(Oc3ccccn3)nc12. The Morgan fingerprint density at radius 3 is 2.68 bits per heavy atom. The molecule has 3 rings (SSSR count). The number of nitrogens with zero attached hydrogens (tertiary/aromatic N) is 2. The molecule has 0 fully saturated rings. The van der Waals surface area contributed by atoms with Gasteiger partial charge in [-0.05, 0) is 24.3 Å². The summed E-state index contributed by atoms with van der Waals surface area (Å²) in [5, 5.41) is 11.0. The lowest BCUT2D eigenvalue weighted by Crippen LogP contribution is -1.90. The summed E-state index contributed by atoms with van der Waals surface area (Å²) in [6.07, 6.45) is 1.63. The van der Waals surface area contributed by atoms with Crippen molar-refractivity contribution in [3.05, 3.63) is 53.7 Å². The molecule has 1 aromatic carbocycles. The third-order valence-corrected chi connectivity index (χ3v) is 2.93. The van der Waals surface area contributed by atoms with Crippen LogP contribution >= 0.6 is 11.6 Å². The lowest BCUT2D eigenvalue weighted by Gasteiger charge is -2.06. The van der Waals surface area contributed by atoms with Crippen LogP contribution in [0.5, 0.6) is 17.5 Å². The van der Waals surface area contributed by atoms with E-state index in [1.165, 1.54) is 6.07 Å². The fraction of sp³-hybridized carbons (Fsp3) is 0. The summed E-state index contributed by atoms with van der Waals surface area (Å²) in [7, 11) is 0. The van der Waals surface area contributed by atoms with E-state index < -0.39 is 0 Å². The van der Waals surface area contributed by atoms with E-state index in [0.717, 1.165) is 0 Å². The maximum atomic E-state index is 9.79. The predicted molar refractivity (Wildman–Crippen MR) is 72.7 cm³/mol. The first-order valence-corrected chi connectivity index (χ1v) is 5.99. The molecule has 0 aliphatic carbocycles. The van der Waals surface area contributed by atoms with E-state index in [4.69, 9.17) is 16.3 Å². The fourth-order valence-electron chi connectivity index (χ4n) is 1.72. The van der Waals surface area contributed by atoms with E-state index in [9.17, 15) is 5.11 Å². The van der Waals surface area contributed by atoms with Gasteiger partial charge in [0.1, 0.15) is 11.3 Å². The Morgan fingerprint density at radius 1 is 1.00 bits per heavy atom. The first-order valence-electron chi connectivity index (χ1n) is 5.61. The number of rotatable bonds is 2. The summed E-state index contributed by atoms with van der Waals surface area (Å²) in [5.41, 5.74) is 0.404. The molecule has 19 heavy (non-hydrogen) atoms. The van der Waals surface area contributed by atoms with Gasteiger partial charge in [0.2, 0.25) is 11.8 Å². The second-order valence-corrected chi connectivity index (χ2v) is 4.29. The molecule has 2 heterocycles. The molecule has 4 nitrogen and oxygen atoms in total. The Bertz CT molecular complexity index is 732. The number of pyridine rings is 2. The van der Waals surface area contributed by atoms with Crippen LogP contribution in [0.25, 0.3) is 10.9 Å². The van der Waals surface area contributed by atoms with E-state index >= 15 is 0 Å². The minimum Gasteiger partial charge on any atom is -0.506 e. The molecular formula is C14H9ClN2O2. The number of hydrogen-bond acceptors (Lipinski definition) is 4. The van der Waals surface area contributed by atoms with E-state index in [-0.39, 0.29) is 5.75 Å². The summed E-state index contributed by atoms with van der Waals surface area (Å²) < 4.78 is 5.50. The van der Waals surface area contributed by atoms with Gasteiger partial charge < -0.3 is 9.84 Å². The van der Waals surface area contributed by atoms with Gasteiger partial charge in [-0.15, -0.1) is 0 Å². The van der Waals surface area contributed by atoms with Crippen molar-refractivity contribution >= 4 is 22.5 Å². The van der Waals surface area contributed by atoms with Gasteiger partial charge in [-0.3, -0.25) is 0 Å². The number of phenols is 1. The number of aromatic nitrogens is 2. The van der Waals surface area contributed by atoms with Crippen LogP contribution in [0.4, 0.5) is 0 Å². The van der Waals surface area contributed by atoms with Gasteiger partial charge in [-0.25, -0.2) is 9.97 Å². The van der Waals surface area contributed by atoms with Crippen LogP contribution in [-0.2, 0) is 0 Å². The summed E-state index contributed by atoms with van der Waals surface area (Å²) in [6.45, 7) is 0. The Morgan fingerprint density at radius 2 is 1.89 bits per heavy atom. The summed E-state index contributed by atoms with van der Waals surface area (Å²) >= 11 is 6.04. The third kappa shape index (κ3) is 2.30. The van der Waals surface area contributed by atoms with Gasteiger partial charge >= 0.3 is 0 Å². The monoisotopic (exact) mass is 272 g/mol. The van der Waals surface area contributed by atoms with E-state index in [1.807, 2.05) is 6.07 Å². The number of fused-ring (bicyclic) bond motifs is 1. The number of benzene rings is 1. The molecule has 2 aromatic heterocycles. The van der Waals surface area contributed by atoms with Gasteiger partial charge in [-0.2, -0.15) is 0 Å². The Balaban J connectivity index is 2.05. The molecule has 0 saturated carbocycles. The maximum absolute atomic E-state index is 9.79. The lowest BCUT2D eigenvalue weighted by molar-refractivity contribution is 0.444. The van der Waals surface area contributed by atoms with E-state index in [1.54, 1.807) is 36.5 Å². The quantitative estimate of drug-likeness (QED) is 0.771. The van der Waals surface area contributed by atoms with Crippen LogP contribution in [-0.4, -0.2) is 15.1 Å². The molecule has 0 unspecified atom stereocenters. The Hall–Kier alpha value is -2.33. The summed E-state index contributed by atoms with van der Waals surface area (Å²) in [5.74, 6) is 0.852. The normalized spacial score (nSPS) is 10.6. The molecule has 0 saturated heterocycles. The van der Waals surface area contributed by atoms with E-state index in [2.05, 4.69) is 9.97 Å². The highest BCUT2D eigenvalue weighted by molar-refractivity contribution is 6.35. The van der Waals surface area contributed by atoms with Crippen LogP contribution in [0.1, 0.15) is 0 Å². The topological polar surface area (TPSA) is 55.2 Å². The van der Waals surface area contributed by atoms with Crippen LogP contribution in [0, 0.1) is 0 Å². The zero-order chi connectivity index (χ0) is 13.2. The lowest BCUT2D eigenvalue weighted by atomic mass is 10.2. The van der Waals surface area contributed by atoms with Crippen LogP contribution in [0.15, 0.2) is 48.7 Å². The van der Waals surface area contributed by atoms with Gasteiger partial charge in [0.15, 0.2) is 0 Å². The molecule has 0 aliphatic heterocycles. The second kappa shape index (κ2) is 4.74. The van der Waals surface area contributed by atoms with Crippen LogP contribution in [0.3, 0.4) is 0 Å². The van der Waals surface area contributed by atoms with Crippen LogP contribution < -0.4 is 4.74 Å². The molecule has 94 valence electrons. The number of aromatic hydroxyl groups is 1. The highest BCUT2D eigenvalue weighted by atomic mass is 35.5. The average Bonchev–Trinajstić information content (AvgIpc) is 2.44. The van der Waals surface area contributed by atoms with Crippen molar-refractivity contribution in [3.8, 4) is 17.5 Å². The predicted octanol–water partition coefficient (Wildman–Crippen LogP) is 3.78. The molecule has 0 radical (unpaired) electrons. The zero-order valence-corrected chi connectivity index (χ0v) is 10.5. The van der Waals surface area contributed by atoms with Crippen molar-refractivity contribution in [2.24, 2.45) is 0 Å². The van der Waals surface area contributed by atoms with Crippen LogP contribution in [0.2, 0.25) is 5.02 Å². The standard InChI is InChI=1S/C14H9ClN2O2/c15-10-5-6-11(18)14-9(10)4-7-13(17-14)19-12-3-1-2-8-16-12/h1-8,18H. The second-order valence-electron chi connectivity index (χ2n) is 3.88. The number of halogens is 1. The highest BCUT2D eigenvalue weighted by Crippen LogP contribution is 2.31. The molecule has 0 spiro atoms. The van der Waals surface area contributed by atoms with Crippen molar-refractivity contribution in [1.82, 2.24) is 9.97 Å². The summed E-state index contributed by atoms with van der Waals surface area (Å²) in [4.78, 5) is 8.28. The first kappa shape index (κ1) is 11.7. The Labute approximate surface area is 114 Å².